The Morgan fingerprint density at radius 1 is 0.365 bits per heavy atom. The Kier molecular flexibility index (Phi) is 68.9. The summed E-state index contributed by atoms with van der Waals surface area (Å²) in [5, 5.41) is 0. The van der Waals surface area contributed by atoms with E-state index >= 15 is 0 Å². The standard InChI is InChI=1S/C75H140NO8P/c1-3-5-7-9-11-13-15-17-19-21-23-25-27-28-29-30-31-32-33-34-35-36-37-38-39-40-41-42-43-44-46-48-50-52-54-56-58-60-62-64-66-68-75(78)84-73(72-83-85(79,80)82-70-69-76)71-81-74(77)67-65-63-61-59-57-55-53-51-49-47-45-26-24-22-20-18-16-14-12-10-8-6-4-2/h5,7,11,13,17,19,23,25,28-29,73H,3-4,6,8-10,12,14-16,18,20-22,24,26-27,30-72,76H2,1-2H3,(H,79,80)/b7-5-,13-11-,19-17-,25-23-,29-28-. The molecule has 0 fully saturated rings. The lowest BCUT2D eigenvalue weighted by atomic mass is 10.0. The number of phosphoric ester groups is 1. The molecule has 0 aromatic heterocycles. The number of nitrogens with two attached hydrogens (primary N) is 1. The van der Waals surface area contributed by atoms with Gasteiger partial charge in [0.1, 0.15) is 6.61 Å². The van der Waals surface area contributed by atoms with E-state index in [4.69, 9.17) is 24.3 Å². The van der Waals surface area contributed by atoms with Crippen LogP contribution in [0.3, 0.4) is 0 Å². The van der Waals surface area contributed by atoms with Gasteiger partial charge in [-0.3, -0.25) is 18.6 Å². The molecule has 498 valence electrons. The molecule has 0 aliphatic carbocycles. The average molecular weight is 1210 g/mol. The number of carbonyl (C=O) groups excluding carboxylic acids is 2. The second-order valence-electron chi connectivity index (χ2n) is 24.8. The third kappa shape index (κ3) is 70.7. The maximum atomic E-state index is 12.8. The summed E-state index contributed by atoms with van der Waals surface area (Å²) in [7, 11) is -4.39. The predicted octanol–water partition coefficient (Wildman–Crippen LogP) is 24.2. The van der Waals surface area contributed by atoms with E-state index in [-0.39, 0.29) is 38.6 Å². The minimum absolute atomic E-state index is 0.0561. The molecule has 0 spiro atoms. The molecule has 0 radical (unpaired) electrons. The molecular formula is C75H140NO8P. The van der Waals surface area contributed by atoms with Crippen molar-refractivity contribution in [2.24, 2.45) is 5.73 Å². The second kappa shape index (κ2) is 70.8. The first kappa shape index (κ1) is 82.7. The summed E-state index contributed by atoms with van der Waals surface area (Å²) < 4.78 is 33.2. The third-order valence-electron chi connectivity index (χ3n) is 16.4. The van der Waals surface area contributed by atoms with E-state index in [9.17, 15) is 19.0 Å². The van der Waals surface area contributed by atoms with Crippen molar-refractivity contribution < 1.29 is 37.6 Å². The number of allylic oxidation sites excluding steroid dienone is 10. The maximum absolute atomic E-state index is 12.8. The summed E-state index contributed by atoms with van der Waals surface area (Å²) in [5.74, 6) is -0.803. The van der Waals surface area contributed by atoms with Crippen LogP contribution >= 0.6 is 7.82 Å². The zero-order valence-electron chi connectivity index (χ0n) is 56.1. The van der Waals surface area contributed by atoms with Gasteiger partial charge in [-0.05, 0) is 57.8 Å². The minimum atomic E-state index is -4.39. The summed E-state index contributed by atoms with van der Waals surface area (Å²) >= 11 is 0. The first-order chi connectivity index (χ1) is 41.8. The SMILES string of the molecule is CC/C=C\C/C=C\C/C=C\C/C=C\C/C=C\CCCCCCCCCCCCCCCCCCCCCCCCCCCC(=O)OC(COC(=O)CCCCCCCCCCCCCCCCCCCCCCCCC)COP(=O)(O)OCCN. The monoisotopic (exact) mass is 1210 g/mol. The van der Waals surface area contributed by atoms with Gasteiger partial charge in [0.25, 0.3) is 0 Å². The van der Waals surface area contributed by atoms with Crippen molar-refractivity contribution in [3.8, 4) is 0 Å². The normalized spacial score (nSPS) is 13.2. The molecule has 0 saturated heterocycles. The molecule has 9 nitrogen and oxygen atoms in total. The van der Waals surface area contributed by atoms with Crippen molar-refractivity contribution in [1.29, 1.82) is 0 Å². The Balaban J connectivity index is 3.76. The number of phosphoric acid groups is 1. The van der Waals surface area contributed by atoms with E-state index in [2.05, 4.69) is 74.6 Å². The second-order valence-corrected chi connectivity index (χ2v) is 26.2. The van der Waals surface area contributed by atoms with Crippen LogP contribution in [0.5, 0.6) is 0 Å². The van der Waals surface area contributed by atoms with Crippen molar-refractivity contribution in [2.75, 3.05) is 26.4 Å². The van der Waals surface area contributed by atoms with E-state index in [0.717, 1.165) is 64.2 Å². The zero-order valence-corrected chi connectivity index (χ0v) is 57.0. The van der Waals surface area contributed by atoms with E-state index in [1.165, 1.54) is 276 Å². The van der Waals surface area contributed by atoms with Crippen LogP contribution in [0, 0.1) is 0 Å². The molecule has 2 atom stereocenters. The number of hydrogen-bond acceptors (Lipinski definition) is 8. The average Bonchev–Trinajstić information content (AvgIpc) is 3.52. The highest BCUT2D eigenvalue weighted by atomic mass is 31.2. The summed E-state index contributed by atoms with van der Waals surface area (Å²) in [5.41, 5.74) is 5.41. The Morgan fingerprint density at radius 2 is 0.647 bits per heavy atom. The van der Waals surface area contributed by atoms with Crippen LogP contribution in [0.4, 0.5) is 0 Å². The number of esters is 2. The van der Waals surface area contributed by atoms with Crippen LogP contribution in [0.2, 0.25) is 0 Å². The first-order valence-electron chi connectivity index (χ1n) is 36.8. The summed E-state index contributed by atoms with van der Waals surface area (Å²) in [4.78, 5) is 35.4. The minimum Gasteiger partial charge on any atom is -0.462 e. The van der Waals surface area contributed by atoms with Gasteiger partial charge in [-0.25, -0.2) is 4.57 Å². The molecule has 0 aliphatic rings. The Bertz CT molecular complexity index is 1580. The highest BCUT2D eigenvalue weighted by Crippen LogP contribution is 2.43. The molecule has 0 rings (SSSR count). The number of rotatable bonds is 70. The highest BCUT2D eigenvalue weighted by molar-refractivity contribution is 7.47. The van der Waals surface area contributed by atoms with Crippen LogP contribution in [0.15, 0.2) is 60.8 Å². The van der Waals surface area contributed by atoms with Crippen LogP contribution in [0.1, 0.15) is 373 Å². The molecule has 2 unspecified atom stereocenters. The van der Waals surface area contributed by atoms with Gasteiger partial charge in [0, 0.05) is 19.4 Å². The number of hydrogen-bond donors (Lipinski definition) is 2. The summed E-state index contributed by atoms with van der Waals surface area (Å²) in [6.07, 6.45) is 92.0. The lowest BCUT2D eigenvalue weighted by Gasteiger charge is -2.19. The van der Waals surface area contributed by atoms with Crippen LogP contribution in [0.25, 0.3) is 0 Å². The van der Waals surface area contributed by atoms with E-state index < -0.39 is 26.5 Å². The molecule has 0 bridgehead atoms. The van der Waals surface area contributed by atoms with Gasteiger partial charge >= 0.3 is 19.8 Å². The van der Waals surface area contributed by atoms with Gasteiger partial charge in [-0.15, -0.1) is 0 Å². The van der Waals surface area contributed by atoms with Crippen molar-refractivity contribution in [3.05, 3.63) is 60.8 Å². The highest BCUT2D eigenvalue weighted by Gasteiger charge is 2.26. The number of ether oxygens (including phenoxy) is 2. The topological polar surface area (TPSA) is 134 Å². The quantitative estimate of drug-likeness (QED) is 0.0264. The molecular weight excluding hydrogens is 1070 g/mol. The molecule has 0 aromatic carbocycles. The number of carbonyl (C=O) groups is 2. The molecule has 85 heavy (non-hydrogen) atoms. The Labute approximate surface area is 527 Å². The Hall–Kier alpha value is -2.29. The lowest BCUT2D eigenvalue weighted by Crippen LogP contribution is -2.29. The third-order valence-corrected chi connectivity index (χ3v) is 17.4. The van der Waals surface area contributed by atoms with E-state index in [0.29, 0.717) is 6.42 Å². The summed E-state index contributed by atoms with van der Waals surface area (Å²) in [6.45, 7) is 3.70. The molecule has 10 heteroatoms. The summed E-state index contributed by atoms with van der Waals surface area (Å²) in [6, 6.07) is 0. The number of unbranched alkanes of at least 4 members (excludes halogenated alkanes) is 47. The molecule has 0 heterocycles. The van der Waals surface area contributed by atoms with Crippen molar-refractivity contribution in [3.63, 3.8) is 0 Å². The van der Waals surface area contributed by atoms with E-state index in [1.807, 2.05) is 0 Å². The zero-order chi connectivity index (χ0) is 61.6. The Morgan fingerprint density at radius 3 is 0.965 bits per heavy atom. The predicted molar refractivity (Wildman–Crippen MR) is 367 cm³/mol. The van der Waals surface area contributed by atoms with Gasteiger partial charge in [0.15, 0.2) is 6.10 Å². The van der Waals surface area contributed by atoms with Crippen LogP contribution in [-0.2, 0) is 32.7 Å². The maximum Gasteiger partial charge on any atom is 0.472 e. The fraction of sp³-hybridized carbons (Fsp3) is 0.840. The first-order valence-corrected chi connectivity index (χ1v) is 38.3. The van der Waals surface area contributed by atoms with Gasteiger partial charge in [0.05, 0.1) is 13.2 Å². The van der Waals surface area contributed by atoms with Gasteiger partial charge < -0.3 is 20.1 Å². The molecule has 0 aromatic rings. The van der Waals surface area contributed by atoms with Crippen molar-refractivity contribution >= 4 is 19.8 Å². The van der Waals surface area contributed by atoms with Gasteiger partial charge in [-0.1, -0.05) is 364 Å². The largest absolute Gasteiger partial charge is 0.472 e. The molecule has 0 aliphatic heterocycles. The van der Waals surface area contributed by atoms with Crippen LogP contribution < -0.4 is 5.73 Å². The van der Waals surface area contributed by atoms with Gasteiger partial charge in [0.2, 0.25) is 0 Å². The van der Waals surface area contributed by atoms with Crippen molar-refractivity contribution in [1.82, 2.24) is 0 Å². The fourth-order valence-corrected chi connectivity index (χ4v) is 11.8. The molecule has 0 saturated carbocycles. The smallest absolute Gasteiger partial charge is 0.462 e. The fourth-order valence-electron chi connectivity index (χ4n) is 11.0. The van der Waals surface area contributed by atoms with Gasteiger partial charge in [-0.2, -0.15) is 0 Å². The van der Waals surface area contributed by atoms with Crippen molar-refractivity contribution in [2.45, 2.75) is 380 Å². The van der Waals surface area contributed by atoms with E-state index in [1.54, 1.807) is 0 Å². The molecule has 0 amide bonds. The van der Waals surface area contributed by atoms with Crippen LogP contribution in [-0.4, -0.2) is 49.3 Å². The lowest BCUT2D eigenvalue weighted by molar-refractivity contribution is -0.161. The molecule has 3 N–H and O–H groups in total.